The SMILES string of the molecule is C=C[C@@H]1C[N+]2(Cc3ccc([N+](=O)[O-])cc3)CCC1C[C@@H]2[C@@H](O)c1ccnc2ccc(OC)cc12.[Br-]. The number of aliphatic hydroxyl groups is 1. The number of fused-ring (bicyclic) bond motifs is 4. The number of non-ortho nitro benzene ring substituents is 1. The lowest BCUT2D eigenvalue weighted by Gasteiger charge is -2.58. The topological polar surface area (TPSA) is 85.5 Å². The smallest absolute Gasteiger partial charge is 0.269 e. The largest absolute Gasteiger partial charge is 1.00 e. The predicted octanol–water partition coefficient (Wildman–Crippen LogP) is 1.80. The average molecular weight is 540 g/mol. The van der Waals surface area contributed by atoms with Gasteiger partial charge in [0.15, 0.2) is 0 Å². The Morgan fingerprint density at radius 2 is 2.06 bits per heavy atom. The fraction of sp³-hybridized carbons (Fsp3) is 0.370. The molecule has 35 heavy (non-hydrogen) atoms. The molecule has 0 radical (unpaired) electrons. The van der Waals surface area contributed by atoms with Gasteiger partial charge in [-0.05, 0) is 47.9 Å². The number of aromatic nitrogens is 1. The first-order valence-electron chi connectivity index (χ1n) is 11.8. The monoisotopic (exact) mass is 539 g/mol. The number of rotatable bonds is 7. The van der Waals surface area contributed by atoms with E-state index in [1.165, 1.54) is 0 Å². The van der Waals surface area contributed by atoms with Crippen molar-refractivity contribution in [2.45, 2.75) is 31.5 Å². The minimum absolute atomic E-state index is 0. The molecular weight excluding hydrogens is 510 g/mol. The van der Waals surface area contributed by atoms with E-state index in [0.717, 1.165) is 64.7 Å². The van der Waals surface area contributed by atoms with E-state index < -0.39 is 6.10 Å². The van der Waals surface area contributed by atoms with E-state index in [9.17, 15) is 15.2 Å². The van der Waals surface area contributed by atoms with Gasteiger partial charge in [0, 0.05) is 48.0 Å². The Kier molecular flexibility index (Phi) is 7.26. The van der Waals surface area contributed by atoms with Crippen LogP contribution in [0.5, 0.6) is 5.75 Å². The molecule has 0 amide bonds. The number of hydrogen-bond acceptors (Lipinski definition) is 5. The summed E-state index contributed by atoms with van der Waals surface area (Å²) in [6.07, 6.45) is 5.18. The maximum absolute atomic E-state index is 11.8. The second-order valence-corrected chi connectivity index (χ2v) is 9.69. The zero-order chi connectivity index (χ0) is 23.9. The number of ether oxygens (including phenoxy) is 1. The number of hydrogen-bond donors (Lipinski definition) is 1. The van der Waals surface area contributed by atoms with Crippen molar-refractivity contribution in [1.82, 2.24) is 4.98 Å². The molecular formula is C27H30BrN3O4. The molecule has 0 spiro atoms. The van der Waals surface area contributed by atoms with Crippen molar-refractivity contribution >= 4 is 16.6 Å². The Morgan fingerprint density at radius 3 is 2.74 bits per heavy atom. The third-order valence-corrected chi connectivity index (χ3v) is 7.99. The van der Waals surface area contributed by atoms with E-state index in [2.05, 4.69) is 17.6 Å². The number of nitro groups is 1. The number of methoxy groups -OCH3 is 1. The third-order valence-electron chi connectivity index (χ3n) is 7.99. The summed E-state index contributed by atoms with van der Waals surface area (Å²) < 4.78 is 6.18. The standard InChI is InChI=1S/C27H30N3O4.BrH/c1-3-19-17-30(16-18-4-6-21(7-5-18)29(32)33)13-11-20(19)14-26(30)27(31)23-10-12-28-25-9-8-22(34-2)15-24(23)25;/h3-10,12,15,19-20,26-27,31H,1,11,13-14,16-17H2,2H3;1H/q+1;/p-1/t19-,20?,26-,27+,30?;/m1./s1. The van der Waals surface area contributed by atoms with E-state index in [0.29, 0.717) is 11.8 Å². The molecule has 1 aromatic heterocycles. The normalized spacial score (nSPS) is 26.1. The van der Waals surface area contributed by atoms with Crippen molar-refractivity contribution in [3.8, 4) is 5.75 Å². The Bertz CT molecular complexity index is 1230. The summed E-state index contributed by atoms with van der Waals surface area (Å²) in [6, 6.07) is 14.5. The van der Waals surface area contributed by atoms with Crippen LogP contribution in [0.3, 0.4) is 0 Å². The lowest BCUT2D eigenvalue weighted by molar-refractivity contribution is -0.984. The van der Waals surface area contributed by atoms with Crippen LogP contribution in [0, 0.1) is 22.0 Å². The average Bonchev–Trinajstić information content (AvgIpc) is 2.87. The Labute approximate surface area is 215 Å². The van der Waals surface area contributed by atoms with Gasteiger partial charge in [-0.2, -0.15) is 0 Å². The van der Waals surface area contributed by atoms with Crippen molar-refractivity contribution < 1.29 is 36.2 Å². The zero-order valence-corrected chi connectivity index (χ0v) is 21.3. The molecule has 6 rings (SSSR count). The fourth-order valence-electron chi connectivity index (χ4n) is 6.21. The molecule has 4 heterocycles. The molecule has 8 heteroatoms. The lowest BCUT2D eigenvalue weighted by Crippen LogP contribution is -3.00. The third kappa shape index (κ3) is 4.58. The van der Waals surface area contributed by atoms with E-state index in [1.807, 2.05) is 36.4 Å². The number of aliphatic hydroxyl groups excluding tert-OH is 1. The minimum Gasteiger partial charge on any atom is -1.00 e. The van der Waals surface area contributed by atoms with Gasteiger partial charge in [0.2, 0.25) is 0 Å². The summed E-state index contributed by atoms with van der Waals surface area (Å²) in [7, 11) is 1.64. The van der Waals surface area contributed by atoms with Gasteiger partial charge in [0.25, 0.3) is 5.69 Å². The molecule has 1 N–H and O–H groups in total. The maximum Gasteiger partial charge on any atom is 0.269 e. The van der Waals surface area contributed by atoms with E-state index >= 15 is 0 Å². The van der Waals surface area contributed by atoms with Gasteiger partial charge in [0.05, 0.1) is 30.6 Å². The van der Waals surface area contributed by atoms with Crippen LogP contribution in [0.1, 0.15) is 30.1 Å². The van der Waals surface area contributed by atoms with Crippen molar-refractivity contribution in [3.63, 3.8) is 0 Å². The van der Waals surface area contributed by atoms with Crippen molar-refractivity contribution in [3.05, 3.63) is 88.6 Å². The molecule has 7 nitrogen and oxygen atoms in total. The summed E-state index contributed by atoms with van der Waals surface area (Å²) in [5, 5.41) is 23.9. The van der Waals surface area contributed by atoms with Crippen LogP contribution < -0.4 is 21.7 Å². The molecule has 2 aromatic carbocycles. The van der Waals surface area contributed by atoms with Crippen LogP contribution in [0.2, 0.25) is 0 Å². The van der Waals surface area contributed by atoms with E-state index in [1.54, 1.807) is 25.4 Å². The second-order valence-electron chi connectivity index (χ2n) is 9.69. The Morgan fingerprint density at radius 1 is 1.29 bits per heavy atom. The summed E-state index contributed by atoms with van der Waals surface area (Å²) >= 11 is 0. The molecule has 3 aliphatic rings. The number of halogens is 1. The van der Waals surface area contributed by atoms with Gasteiger partial charge in [-0.25, -0.2) is 0 Å². The number of quaternary nitrogens is 1. The van der Waals surface area contributed by atoms with Crippen LogP contribution >= 0.6 is 0 Å². The molecule has 0 saturated carbocycles. The fourth-order valence-corrected chi connectivity index (χ4v) is 6.21. The maximum atomic E-state index is 11.8. The van der Waals surface area contributed by atoms with Crippen LogP contribution in [0.4, 0.5) is 5.69 Å². The molecule has 3 aliphatic heterocycles. The summed E-state index contributed by atoms with van der Waals surface area (Å²) in [6.45, 7) is 6.70. The highest BCUT2D eigenvalue weighted by Gasteiger charge is 2.54. The zero-order valence-electron chi connectivity index (χ0n) is 19.7. The van der Waals surface area contributed by atoms with Crippen LogP contribution in [0.15, 0.2) is 67.4 Å². The Hall–Kier alpha value is -2.81. The lowest BCUT2D eigenvalue weighted by atomic mass is 9.71. The van der Waals surface area contributed by atoms with Crippen molar-refractivity contribution in [2.24, 2.45) is 11.8 Å². The molecule has 3 fully saturated rings. The first-order valence-corrected chi connectivity index (χ1v) is 11.8. The van der Waals surface area contributed by atoms with Gasteiger partial charge < -0.3 is 31.3 Å². The minimum atomic E-state index is -0.663. The Balaban J connectivity index is 0.00000289. The van der Waals surface area contributed by atoms with Gasteiger partial charge in [0.1, 0.15) is 24.4 Å². The van der Waals surface area contributed by atoms with Crippen LogP contribution in [-0.2, 0) is 6.54 Å². The molecule has 2 bridgehead atoms. The number of nitro benzene ring substituents is 1. The highest BCUT2D eigenvalue weighted by atomic mass is 79.9. The highest BCUT2D eigenvalue weighted by Crippen LogP contribution is 2.48. The van der Waals surface area contributed by atoms with Crippen molar-refractivity contribution in [1.29, 1.82) is 0 Å². The second kappa shape index (κ2) is 10.0. The van der Waals surface area contributed by atoms with Crippen LogP contribution in [-0.4, -0.2) is 45.7 Å². The van der Waals surface area contributed by atoms with Gasteiger partial charge in [-0.1, -0.05) is 6.08 Å². The molecule has 3 aromatic rings. The molecule has 184 valence electrons. The number of nitrogens with zero attached hydrogens (tertiary/aromatic N) is 3. The highest BCUT2D eigenvalue weighted by molar-refractivity contribution is 5.83. The first-order chi connectivity index (χ1) is 16.4. The summed E-state index contributed by atoms with van der Waals surface area (Å²) in [5.74, 6) is 1.65. The van der Waals surface area contributed by atoms with E-state index in [-0.39, 0.29) is 33.6 Å². The van der Waals surface area contributed by atoms with Crippen LogP contribution in [0.25, 0.3) is 10.9 Å². The molecule has 5 atom stereocenters. The molecule has 3 saturated heterocycles. The summed E-state index contributed by atoms with van der Waals surface area (Å²) in [5.41, 5.74) is 2.85. The molecule has 0 aliphatic carbocycles. The summed E-state index contributed by atoms with van der Waals surface area (Å²) in [4.78, 5) is 15.2. The van der Waals surface area contributed by atoms with Gasteiger partial charge >= 0.3 is 0 Å². The number of pyridine rings is 1. The first kappa shape index (κ1) is 25.3. The predicted molar refractivity (Wildman–Crippen MR) is 130 cm³/mol. The number of piperidine rings is 3. The quantitative estimate of drug-likeness (QED) is 0.214. The van der Waals surface area contributed by atoms with Gasteiger partial charge in [-0.3, -0.25) is 15.1 Å². The van der Waals surface area contributed by atoms with E-state index in [4.69, 9.17) is 4.74 Å². The molecule has 2 unspecified atom stereocenters. The number of benzene rings is 2. The van der Waals surface area contributed by atoms with Gasteiger partial charge in [-0.15, -0.1) is 6.58 Å². The van der Waals surface area contributed by atoms with Crippen molar-refractivity contribution in [2.75, 3.05) is 20.2 Å².